The third-order valence-corrected chi connectivity index (χ3v) is 4.18. The van der Waals surface area contributed by atoms with Gasteiger partial charge < -0.3 is 10.2 Å². The normalized spacial score (nSPS) is 20.4. The maximum atomic E-state index is 10.7. The Kier molecular flexibility index (Phi) is 2.29. The molecule has 0 radical (unpaired) electrons. The summed E-state index contributed by atoms with van der Waals surface area (Å²) >= 11 is 7.33. The lowest BCUT2D eigenvalue weighted by Crippen LogP contribution is -2.33. The quantitative estimate of drug-likeness (QED) is 0.837. The molecule has 1 aromatic rings. The number of halogens is 1. The monoisotopic (exact) mass is 232 g/mol. The molecule has 2 rings (SSSR count). The van der Waals surface area contributed by atoms with Crippen LogP contribution in [-0.2, 0) is 10.2 Å². The van der Waals surface area contributed by atoms with E-state index in [2.05, 4.69) is 0 Å². The van der Waals surface area contributed by atoms with Crippen molar-refractivity contribution in [2.24, 2.45) is 0 Å². The number of hydrogen-bond donors (Lipinski definition) is 2. The van der Waals surface area contributed by atoms with Gasteiger partial charge in [-0.1, -0.05) is 11.6 Å². The predicted octanol–water partition coefficient (Wildman–Crippen LogP) is 1.88. The lowest BCUT2D eigenvalue weighted by Gasteiger charge is -2.17. The van der Waals surface area contributed by atoms with Gasteiger partial charge in [0, 0.05) is 10.3 Å². The highest BCUT2D eigenvalue weighted by Gasteiger charge is 2.55. The van der Waals surface area contributed by atoms with E-state index in [1.165, 1.54) is 11.3 Å². The van der Waals surface area contributed by atoms with Crippen molar-refractivity contribution in [1.82, 2.24) is 0 Å². The van der Waals surface area contributed by atoms with Crippen LogP contribution in [0.25, 0.3) is 0 Å². The Balaban J connectivity index is 2.34. The van der Waals surface area contributed by atoms with Crippen LogP contribution in [0.1, 0.15) is 17.7 Å². The van der Waals surface area contributed by atoms with E-state index in [0.29, 0.717) is 17.9 Å². The van der Waals surface area contributed by atoms with Crippen molar-refractivity contribution in [3.05, 3.63) is 21.3 Å². The Labute approximate surface area is 89.9 Å². The fourth-order valence-electron chi connectivity index (χ4n) is 1.64. The van der Waals surface area contributed by atoms with Gasteiger partial charge >= 0.3 is 5.97 Å². The first-order valence-electron chi connectivity index (χ1n) is 4.22. The maximum absolute atomic E-state index is 10.7. The predicted molar refractivity (Wildman–Crippen MR) is 53.9 cm³/mol. The molecule has 0 bridgehead atoms. The number of aliphatic hydroxyl groups is 1. The van der Waals surface area contributed by atoms with E-state index in [1.54, 1.807) is 6.07 Å². The summed E-state index contributed by atoms with van der Waals surface area (Å²) in [4.78, 5) is 11.5. The first-order chi connectivity index (χ1) is 6.58. The topological polar surface area (TPSA) is 57.5 Å². The minimum atomic E-state index is -1.33. The summed E-state index contributed by atoms with van der Waals surface area (Å²) in [7, 11) is 0. The molecule has 1 heterocycles. The van der Waals surface area contributed by atoms with Gasteiger partial charge in [-0.15, -0.1) is 11.3 Å². The Hall–Kier alpha value is -0.580. The number of rotatable bonds is 3. The van der Waals surface area contributed by atoms with E-state index < -0.39 is 17.5 Å². The molecule has 1 aromatic heterocycles. The summed E-state index contributed by atoms with van der Waals surface area (Å²) < 4.78 is 0. The lowest BCUT2D eigenvalue weighted by atomic mass is 9.97. The number of carbonyl (C=O) groups is 1. The zero-order valence-electron chi connectivity index (χ0n) is 7.24. The van der Waals surface area contributed by atoms with Crippen LogP contribution in [-0.4, -0.2) is 22.3 Å². The van der Waals surface area contributed by atoms with Crippen LogP contribution < -0.4 is 0 Å². The average molecular weight is 233 g/mol. The van der Waals surface area contributed by atoms with E-state index in [9.17, 15) is 9.90 Å². The van der Waals surface area contributed by atoms with Crippen LogP contribution in [0, 0.1) is 0 Å². The van der Waals surface area contributed by atoms with Gasteiger partial charge in [0.1, 0.15) is 0 Å². The van der Waals surface area contributed by atoms with Crippen molar-refractivity contribution in [2.75, 3.05) is 0 Å². The van der Waals surface area contributed by atoms with Crippen LogP contribution in [0.3, 0.4) is 0 Å². The highest BCUT2D eigenvalue weighted by Crippen LogP contribution is 2.54. The molecule has 1 unspecified atom stereocenters. The third-order valence-electron chi connectivity index (χ3n) is 2.62. The van der Waals surface area contributed by atoms with Crippen molar-refractivity contribution < 1.29 is 15.0 Å². The summed E-state index contributed by atoms with van der Waals surface area (Å²) in [6.07, 6.45) is 0.0557. The zero-order chi connectivity index (χ0) is 10.3. The molecule has 1 atom stereocenters. The molecule has 1 fully saturated rings. The summed E-state index contributed by atoms with van der Waals surface area (Å²) in [6.45, 7) is 0. The molecular weight excluding hydrogens is 224 g/mol. The second-order valence-electron chi connectivity index (χ2n) is 3.49. The molecule has 14 heavy (non-hydrogen) atoms. The van der Waals surface area contributed by atoms with E-state index in [1.807, 2.05) is 5.38 Å². The van der Waals surface area contributed by atoms with Crippen LogP contribution in [0.15, 0.2) is 11.4 Å². The maximum Gasteiger partial charge on any atom is 0.333 e. The van der Waals surface area contributed by atoms with Crippen LogP contribution in [0.2, 0.25) is 5.02 Å². The third kappa shape index (κ3) is 1.34. The van der Waals surface area contributed by atoms with Gasteiger partial charge in [0.2, 0.25) is 0 Å². The van der Waals surface area contributed by atoms with Crippen molar-refractivity contribution in [2.45, 2.75) is 24.4 Å². The molecule has 5 heteroatoms. The number of aliphatic hydroxyl groups excluding tert-OH is 1. The highest BCUT2D eigenvalue weighted by molar-refractivity contribution is 7.10. The van der Waals surface area contributed by atoms with Gasteiger partial charge in [-0.05, 0) is 24.3 Å². The summed E-state index contributed by atoms with van der Waals surface area (Å²) in [6, 6.07) is 1.73. The number of carboxylic acid groups (broad SMARTS) is 1. The molecule has 1 saturated carbocycles. The molecule has 1 aliphatic carbocycles. The Morgan fingerprint density at radius 1 is 1.64 bits per heavy atom. The molecule has 3 nitrogen and oxygen atoms in total. The molecule has 0 aromatic carbocycles. The molecule has 1 aliphatic rings. The van der Waals surface area contributed by atoms with Crippen molar-refractivity contribution >= 4 is 28.9 Å². The molecule has 0 aliphatic heterocycles. The Morgan fingerprint density at radius 2 is 2.29 bits per heavy atom. The SMILES string of the molecule is O=C(O)C(O)C1(c2sccc2Cl)CC1. The Morgan fingerprint density at radius 3 is 2.64 bits per heavy atom. The molecular formula is C9H9ClO3S. The van der Waals surface area contributed by atoms with Crippen LogP contribution >= 0.6 is 22.9 Å². The minimum absolute atomic E-state index is 0.563. The first-order valence-corrected chi connectivity index (χ1v) is 5.48. The second-order valence-corrected chi connectivity index (χ2v) is 4.82. The van der Waals surface area contributed by atoms with Gasteiger partial charge in [0.05, 0.1) is 5.02 Å². The summed E-state index contributed by atoms with van der Waals surface area (Å²) in [5.74, 6) is -1.17. The fraction of sp³-hybridized carbons (Fsp3) is 0.444. The van der Waals surface area contributed by atoms with Gasteiger partial charge in [0.15, 0.2) is 6.10 Å². The molecule has 0 amide bonds. The Bertz CT molecular complexity index is 370. The van der Waals surface area contributed by atoms with Gasteiger partial charge in [0.25, 0.3) is 0 Å². The van der Waals surface area contributed by atoms with E-state index in [-0.39, 0.29) is 0 Å². The van der Waals surface area contributed by atoms with Crippen molar-refractivity contribution in [3.63, 3.8) is 0 Å². The number of hydrogen-bond acceptors (Lipinski definition) is 3. The highest BCUT2D eigenvalue weighted by atomic mass is 35.5. The van der Waals surface area contributed by atoms with E-state index in [0.717, 1.165) is 4.88 Å². The molecule has 76 valence electrons. The zero-order valence-corrected chi connectivity index (χ0v) is 8.81. The first kappa shape index (κ1) is 9.96. The molecule has 0 spiro atoms. The molecule has 0 saturated heterocycles. The van der Waals surface area contributed by atoms with Crippen molar-refractivity contribution in [3.8, 4) is 0 Å². The van der Waals surface area contributed by atoms with E-state index >= 15 is 0 Å². The lowest BCUT2D eigenvalue weighted by molar-refractivity contribution is -0.148. The van der Waals surface area contributed by atoms with Crippen LogP contribution in [0.5, 0.6) is 0 Å². The fourth-order valence-corrected chi connectivity index (χ4v) is 3.18. The molecule has 2 N–H and O–H groups in total. The summed E-state index contributed by atoms with van der Waals surface area (Å²) in [5.41, 5.74) is -0.614. The van der Waals surface area contributed by atoms with Gasteiger partial charge in [-0.25, -0.2) is 4.79 Å². The van der Waals surface area contributed by atoms with E-state index in [4.69, 9.17) is 16.7 Å². The number of carboxylic acids is 1. The number of aliphatic carboxylic acids is 1. The van der Waals surface area contributed by atoms with Crippen LogP contribution in [0.4, 0.5) is 0 Å². The second kappa shape index (κ2) is 3.22. The van der Waals surface area contributed by atoms with Gasteiger partial charge in [-0.3, -0.25) is 0 Å². The largest absolute Gasteiger partial charge is 0.479 e. The summed E-state index contributed by atoms with van der Waals surface area (Å²) in [5, 5.41) is 20.7. The smallest absolute Gasteiger partial charge is 0.333 e. The number of thiophene rings is 1. The van der Waals surface area contributed by atoms with Gasteiger partial charge in [-0.2, -0.15) is 0 Å². The standard InChI is InChI=1S/C9H9ClO3S/c10-5-1-4-14-7(5)9(2-3-9)6(11)8(12)13/h1,4,6,11H,2-3H2,(H,12,13). The average Bonchev–Trinajstić information content (AvgIpc) is 2.83. The minimum Gasteiger partial charge on any atom is -0.479 e. The van der Waals surface area contributed by atoms with Crippen molar-refractivity contribution in [1.29, 1.82) is 0 Å².